The van der Waals surface area contributed by atoms with Crippen LogP contribution >= 0.6 is 11.3 Å². The van der Waals surface area contributed by atoms with Crippen LogP contribution in [0.3, 0.4) is 0 Å². The topological polar surface area (TPSA) is 96.0 Å². The SMILES string of the molecule is Cc1csc2ncnc(N3CCOCC3CNC(=O)c3n[nH]c4c3CCC4)c12. The summed E-state index contributed by atoms with van der Waals surface area (Å²) in [4.78, 5) is 24.9. The molecule has 2 N–H and O–H groups in total. The molecule has 28 heavy (non-hydrogen) atoms. The van der Waals surface area contributed by atoms with E-state index in [9.17, 15) is 4.79 Å². The van der Waals surface area contributed by atoms with E-state index in [1.165, 1.54) is 5.56 Å². The summed E-state index contributed by atoms with van der Waals surface area (Å²) in [6.07, 6.45) is 4.59. The van der Waals surface area contributed by atoms with Crippen LogP contribution in [0, 0.1) is 6.92 Å². The maximum atomic E-state index is 12.7. The summed E-state index contributed by atoms with van der Waals surface area (Å²) >= 11 is 1.63. The van der Waals surface area contributed by atoms with Gasteiger partial charge in [0.15, 0.2) is 5.69 Å². The summed E-state index contributed by atoms with van der Waals surface area (Å²) in [5, 5.41) is 13.5. The fourth-order valence-corrected chi connectivity index (χ4v) is 5.00. The molecule has 1 amide bonds. The van der Waals surface area contributed by atoms with E-state index >= 15 is 0 Å². The van der Waals surface area contributed by atoms with E-state index in [1.807, 2.05) is 0 Å². The molecule has 146 valence electrons. The number of hydrogen-bond acceptors (Lipinski definition) is 7. The first-order chi connectivity index (χ1) is 13.7. The molecular weight excluding hydrogens is 376 g/mol. The van der Waals surface area contributed by atoms with Gasteiger partial charge in [0.1, 0.15) is 17.0 Å². The van der Waals surface area contributed by atoms with Crippen molar-refractivity contribution in [1.82, 2.24) is 25.5 Å². The molecule has 1 fully saturated rings. The van der Waals surface area contributed by atoms with Gasteiger partial charge in [0.2, 0.25) is 0 Å². The molecule has 0 saturated carbocycles. The minimum Gasteiger partial charge on any atom is -0.377 e. The van der Waals surface area contributed by atoms with Crippen molar-refractivity contribution >= 4 is 33.3 Å². The molecule has 4 heterocycles. The molecule has 3 aromatic rings. The highest BCUT2D eigenvalue weighted by Gasteiger charge is 2.28. The van der Waals surface area contributed by atoms with E-state index in [-0.39, 0.29) is 11.9 Å². The lowest BCUT2D eigenvalue weighted by molar-refractivity contribution is 0.0851. The monoisotopic (exact) mass is 398 g/mol. The number of aryl methyl sites for hydroxylation is 2. The number of rotatable bonds is 4. The molecule has 3 aromatic heterocycles. The molecule has 9 heteroatoms. The predicted molar refractivity (Wildman–Crippen MR) is 107 cm³/mol. The Hall–Kier alpha value is -2.52. The molecule has 1 atom stereocenters. The highest BCUT2D eigenvalue weighted by atomic mass is 32.1. The number of carbonyl (C=O) groups excluding carboxylic acids is 1. The van der Waals surface area contributed by atoms with Crippen LogP contribution in [0.25, 0.3) is 10.2 Å². The predicted octanol–water partition coefficient (Wildman–Crippen LogP) is 1.85. The van der Waals surface area contributed by atoms with Gasteiger partial charge >= 0.3 is 0 Å². The summed E-state index contributed by atoms with van der Waals surface area (Å²) in [7, 11) is 0. The number of morpholine rings is 1. The lowest BCUT2D eigenvalue weighted by atomic mass is 10.1. The highest BCUT2D eigenvalue weighted by molar-refractivity contribution is 7.17. The number of amides is 1. The van der Waals surface area contributed by atoms with Gasteiger partial charge in [-0.2, -0.15) is 5.10 Å². The van der Waals surface area contributed by atoms with Gasteiger partial charge in [0, 0.05) is 24.3 Å². The number of H-pyrrole nitrogens is 1. The molecule has 0 radical (unpaired) electrons. The van der Waals surface area contributed by atoms with Gasteiger partial charge in [-0.05, 0) is 37.1 Å². The molecule has 1 saturated heterocycles. The first-order valence-electron chi connectivity index (χ1n) is 9.60. The van der Waals surface area contributed by atoms with Gasteiger partial charge in [-0.25, -0.2) is 9.97 Å². The van der Waals surface area contributed by atoms with Crippen molar-refractivity contribution in [3.8, 4) is 0 Å². The van der Waals surface area contributed by atoms with E-state index in [0.29, 0.717) is 25.5 Å². The largest absolute Gasteiger partial charge is 0.377 e. The zero-order valence-corrected chi connectivity index (χ0v) is 16.5. The van der Waals surface area contributed by atoms with Crippen molar-refractivity contribution in [3.05, 3.63) is 34.2 Å². The Labute approximate surface area is 166 Å². The maximum Gasteiger partial charge on any atom is 0.272 e. The fraction of sp³-hybridized carbons (Fsp3) is 0.474. The van der Waals surface area contributed by atoms with Crippen LogP contribution in [-0.4, -0.2) is 58.4 Å². The van der Waals surface area contributed by atoms with E-state index in [0.717, 1.165) is 53.1 Å². The van der Waals surface area contributed by atoms with Crippen LogP contribution in [0.2, 0.25) is 0 Å². The zero-order chi connectivity index (χ0) is 19.1. The minimum absolute atomic E-state index is 0.0158. The number of anilines is 1. The molecule has 0 aromatic carbocycles. The number of carbonyl (C=O) groups is 1. The van der Waals surface area contributed by atoms with Gasteiger partial charge in [-0.1, -0.05) is 0 Å². The summed E-state index contributed by atoms with van der Waals surface area (Å²) in [5.74, 6) is 0.802. The zero-order valence-electron chi connectivity index (χ0n) is 15.7. The molecule has 1 unspecified atom stereocenters. The van der Waals surface area contributed by atoms with Gasteiger partial charge in [0.05, 0.1) is 24.6 Å². The number of fused-ring (bicyclic) bond motifs is 2. The number of aromatic nitrogens is 4. The van der Waals surface area contributed by atoms with Crippen molar-refractivity contribution < 1.29 is 9.53 Å². The average Bonchev–Trinajstić information content (AvgIpc) is 3.42. The van der Waals surface area contributed by atoms with E-state index in [2.05, 4.69) is 42.7 Å². The van der Waals surface area contributed by atoms with E-state index in [1.54, 1.807) is 17.7 Å². The lowest BCUT2D eigenvalue weighted by Gasteiger charge is -2.36. The Kier molecular flexibility index (Phi) is 4.48. The summed E-state index contributed by atoms with van der Waals surface area (Å²) < 4.78 is 5.70. The number of aromatic amines is 1. The second kappa shape index (κ2) is 7.14. The third-order valence-electron chi connectivity index (χ3n) is 5.55. The molecule has 2 aliphatic rings. The van der Waals surface area contributed by atoms with Crippen LogP contribution in [-0.2, 0) is 17.6 Å². The third kappa shape index (κ3) is 2.94. The van der Waals surface area contributed by atoms with Crippen molar-refractivity contribution in [2.45, 2.75) is 32.2 Å². The Balaban J connectivity index is 1.36. The Morgan fingerprint density at radius 3 is 3.29 bits per heavy atom. The quantitative estimate of drug-likeness (QED) is 0.696. The first kappa shape index (κ1) is 17.6. The number of ether oxygens (including phenoxy) is 1. The average molecular weight is 398 g/mol. The summed E-state index contributed by atoms with van der Waals surface area (Å²) in [6.45, 7) is 4.50. The maximum absolute atomic E-state index is 12.7. The Morgan fingerprint density at radius 1 is 1.43 bits per heavy atom. The van der Waals surface area contributed by atoms with E-state index in [4.69, 9.17) is 4.74 Å². The normalized spacial score (nSPS) is 19.2. The smallest absolute Gasteiger partial charge is 0.272 e. The third-order valence-corrected chi connectivity index (χ3v) is 6.56. The van der Waals surface area contributed by atoms with Crippen LogP contribution < -0.4 is 10.2 Å². The molecular formula is C19H22N6O2S. The van der Waals surface area contributed by atoms with Gasteiger partial charge < -0.3 is 15.0 Å². The number of nitrogens with zero attached hydrogens (tertiary/aromatic N) is 4. The van der Waals surface area contributed by atoms with Crippen LogP contribution in [0.5, 0.6) is 0 Å². The Morgan fingerprint density at radius 2 is 2.36 bits per heavy atom. The molecule has 1 aliphatic carbocycles. The van der Waals surface area contributed by atoms with E-state index < -0.39 is 0 Å². The molecule has 1 aliphatic heterocycles. The summed E-state index contributed by atoms with van der Waals surface area (Å²) in [6, 6.07) is 0.0158. The Bertz CT molecular complexity index is 1030. The van der Waals surface area contributed by atoms with Crippen molar-refractivity contribution in [2.24, 2.45) is 0 Å². The fourth-order valence-electron chi connectivity index (χ4n) is 4.12. The second-order valence-electron chi connectivity index (χ2n) is 7.31. The lowest BCUT2D eigenvalue weighted by Crippen LogP contribution is -2.52. The summed E-state index contributed by atoms with van der Waals surface area (Å²) in [5.41, 5.74) is 3.88. The number of nitrogens with one attached hydrogen (secondary N) is 2. The number of hydrogen-bond donors (Lipinski definition) is 2. The highest BCUT2D eigenvalue weighted by Crippen LogP contribution is 2.32. The minimum atomic E-state index is -0.121. The van der Waals surface area contributed by atoms with Gasteiger partial charge in [0.25, 0.3) is 5.91 Å². The van der Waals surface area contributed by atoms with Crippen LogP contribution in [0.1, 0.15) is 33.7 Å². The van der Waals surface area contributed by atoms with Crippen LogP contribution in [0.4, 0.5) is 5.82 Å². The van der Waals surface area contributed by atoms with Gasteiger partial charge in [-0.15, -0.1) is 11.3 Å². The molecule has 8 nitrogen and oxygen atoms in total. The molecule has 0 bridgehead atoms. The van der Waals surface area contributed by atoms with Crippen LogP contribution in [0.15, 0.2) is 11.7 Å². The van der Waals surface area contributed by atoms with Crippen molar-refractivity contribution in [3.63, 3.8) is 0 Å². The van der Waals surface area contributed by atoms with Crippen molar-refractivity contribution in [1.29, 1.82) is 0 Å². The van der Waals surface area contributed by atoms with Gasteiger partial charge in [-0.3, -0.25) is 9.89 Å². The molecule has 0 spiro atoms. The second-order valence-corrected chi connectivity index (χ2v) is 8.17. The first-order valence-corrected chi connectivity index (χ1v) is 10.5. The van der Waals surface area contributed by atoms with Crippen molar-refractivity contribution in [2.75, 3.05) is 31.2 Å². The standard InChI is InChI=1S/C19H22N6O2S/c1-11-9-28-19-15(11)17(21-10-22-19)25-5-6-27-8-12(25)7-20-18(26)16-13-3-2-4-14(13)23-24-16/h9-10,12H,2-8H2,1H3,(H,20,26)(H,23,24). The molecule has 5 rings (SSSR count). The number of thiophene rings is 1.